The van der Waals surface area contributed by atoms with Crippen molar-refractivity contribution in [1.82, 2.24) is 5.32 Å². The second-order valence-electron chi connectivity index (χ2n) is 8.80. The fourth-order valence-electron chi connectivity index (χ4n) is 4.33. The predicted octanol–water partition coefficient (Wildman–Crippen LogP) is 5.68. The van der Waals surface area contributed by atoms with Crippen LogP contribution in [0.4, 0.5) is 10.1 Å². The van der Waals surface area contributed by atoms with E-state index in [1.54, 1.807) is 72.8 Å². The Kier molecular flexibility index (Phi) is 8.94. The maximum atomic E-state index is 14.3. The summed E-state index contributed by atoms with van der Waals surface area (Å²) in [5.74, 6) is -0.115. The molecule has 0 saturated heterocycles. The number of benzene rings is 3. The van der Waals surface area contributed by atoms with Gasteiger partial charge in [-0.2, -0.15) is 0 Å². The molecule has 200 valence electrons. The number of halogens is 1. The number of carbonyl (C=O) groups excluding carboxylic acids is 1. The molecule has 3 aromatic carbocycles. The molecular formula is C29H28FN5O4. The second kappa shape index (κ2) is 12.7. The van der Waals surface area contributed by atoms with Gasteiger partial charge in [-0.1, -0.05) is 53.7 Å². The molecule has 0 aromatic heterocycles. The first kappa shape index (κ1) is 27.4. The fraction of sp³-hybridized carbons (Fsp3) is 0.241. The van der Waals surface area contributed by atoms with Gasteiger partial charge in [-0.3, -0.25) is 4.79 Å². The van der Waals surface area contributed by atoms with Crippen LogP contribution in [0.1, 0.15) is 35.6 Å². The zero-order chi connectivity index (χ0) is 27.7. The number of aliphatic imine (C=N–C) groups is 1. The fourth-order valence-corrected chi connectivity index (χ4v) is 4.33. The Hall–Kier alpha value is -4.66. The van der Waals surface area contributed by atoms with Crippen LogP contribution in [0, 0.1) is 5.82 Å². The summed E-state index contributed by atoms with van der Waals surface area (Å²) in [5, 5.41) is 15.6. The van der Waals surface area contributed by atoms with Crippen molar-refractivity contribution in [1.29, 1.82) is 0 Å². The van der Waals surface area contributed by atoms with E-state index in [0.29, 0.717) is 41.2 Å². The van der Waals surface area contributed by atoms with E-state index in [-0.39, 0.29) is 25.5 Å². The molecule has 0 saturated carbocycles. The summed E-state index contributed by atoms with van der Waals surface area (Å²) < 4.78 is 26.2. The van der Waals surface area contributed by atoms with Crippen molar-refractivity contribution in [3.8, 4) is 5.75 Å². The summed E-state index contributed by atoms with van der Waals surface area (Å²) in [5.41, 5.74) is 9.31. The van der Waals surface area contributed by atoms with Gasteiger partial charge in [0.05, 0.1) is 6.61 Å². The molecule has 0 spiro atoms. The van der Waals surface area contributed by atoms with Crippen LogP contribution in [0.25, 0.3) is 10.4 Å². The van der Waals surface area contributed by atoms with Gasteiger partial charge in [0.15, 0.2) is 11.6 Å². The molecule has 4 rings (SSSR count). The number of aliphatic hydroxyl groups excluding tert-OH is 1. The van der Waals surface area contributed by atoms with Gasteiger partial charge in [0.25, 0.3) is 5.91 Å². The first-order chi connectivity index (χ1) is 19.0. The minimum Gasteiger partial charge on any atom is -0.494 e. The van der Waals surface area contributed by atoms with E-state index < -0.39 is 23.4 Å². The molecule has 10 heteroatoms. The summed E-state index contributed by atoms with van der Waals surface area (Å²) in [6.45, 7) is 4.18. The molecular weight excluding hydrogens is 501 g/mol. The van der Waals surface area contributed by atoms with Gasteiger partial charge in [0.2, 0.25) is 5.90 Å². The Morgan fingerprint density at radius 2 is 1.95 bits per heavy atom. The van der Waals surface area contributed by atoms with Gasteiger partial charge >= 0.3 is 0 Å². The van der Waals surface area contributed by atoms with E-state index in [1.165, 1.54) is 6.07 Å². The summed E-state index contributed by atoms with van der Waals surface area (Å²) in [4.78, 5) is 21.6. The van der Waals surface area contributed by atoms with Crippen LogP contribution in [-0.4, -0.2) is 35.7 Å². The summed E-state index contributed by atoms with van der Waals surface area (Å²) in [6, 6.07) is 20.0. The largest absolute Gasteiger partial charge is 0.494 e. The summed E-state index contributed by atoms with van der Waals surface area (Å²) >= 11 is 0. The van der Waals surface area contributed by atoms with Gasteiger partial charge < -0.3 is 19.9 Å². The van der Waals surface area contributed by atoms with Gasteiger partial charge in [-0.15, -0.1) is 6.58 Å². The predicted molar refractivity (Wildman–Crippen MR) is 145 cm³/mol. The number of carbonyl (C=O) groups is 1. The Morgan fingerprint density at radius 3 is 2.67 bits per heavy atom. The van der Waals surface area contributed by atoms with Crippen LogP contribution >= 0.6 is 0 Å². The molecule has 0 unspecified atom stereocenters. The summed E-state index contributed by atoms with van der Waals surface area (Å²) in [7, 11) is 0. The molecule has 1 heterocycles. The van der Waals surface area contributed by atoms with Crippen molar-refractivity contribution >= 4 is 17.5 Å². The highest BCUT2D eigenvalue weighted by Crippen LogP contribution is 2.45. The van der Waals surface area contributed by atoms with Crippen molar-refractivity contribution in [2.45, 2.75) is 31.0 Å². The lowest BCUT2D eigenvalue weighted by Crippen LogP contribution is -2.47. The van der Waals surface area contributed by atoms with Crippen LogP contribution in [0.15, 0.2) is 95.6 Å². The SMILES string of the molecule is C=CC[C@@]1(C(=O)NCc2ccccc2F)N=C(c2ccc(OCCCO)cc2)O[C@@H]1c1ccccc1N=[N+]=[N-]. The zero-order valence-electron chi connectivity index (χ0n) is 21.2. The number of aliphatic hydroxyl groups is 1. The molecule has 0 aliphatic carbocycles. The molecule has 1 amide bonds. The minimum atomic E-state index is -1.51. The highest BCUT2D eigenvalue weighted by molar-refractivity contribution is 6.01. The van der Waals surface area contributed by atoms with Crippen molar-refractivity contribution in [3.63, 3.8) is 0 Å². The Bertz CT molecular complexity index is 1400. The van der Waals surface area contributed by atoms with Crippen molar-refractivity contribution in [2.24, 2.45) is 10.1 Å². The van der Waals surface area contributed by atoms with E-state index in [4.69, 9.17) is 25.1 Å². The van der Waals surface area contributed by atoms with Gasteiger partial charge in [0.1, 0.15) is 11.6 Å². The van der Waals surface area contributed by atoms with Gasteiger partial charge in [0, 0.05) is 53.3 Å². The number of ether oxygens (including phenoxy) is 2. The molecule has 1 aliphatic heterocycles. The van der Waals surface area contributed by atoms with Crippen molar-refractivity contribution in [3.05, 3.63) is 118 Å². The molecule has 0 fully saturated rings. The molecule has 3 aromatic rings. The third-order valence-corrected chi connectivity index (χ3v) is 6.25. The average molecular weight is 530 g/mol. The van der Waals surface area contributed by atoms with Crippen LogP contribution in [0.2, 0.25) is 0 Å². The van der Waals surface area contributed by atoms with E-state index >= 15 is 0 Å². The lowest BCUT2D eigenvalue weighted by Gasteiger charge is -2.30. The molecule has 0 bridgehead atoms. The first-order valence-corrected chi connectivity index (χ1v) is 12.4. The van der Waals surface area contributed by atoms with Crippen LogP contribution < -0.4 is 10.1 Å². The smallest absolute Gasteiger partial charge is 0.252 e. The number of nitrogens with one attached hydrogen (secondary N) is 1. The number of rotatable bonds is 12. The van der Waals surface area contributed by atoms with Crippen molar-refractivity contribution in [2.75, 3.05) is 13.2 Å². The zero-order valence-corrected chi connectivity index (χ0v) is 21.2. The van der Waals surface area contributed by atoms with E-state index in [2.05, 4.69) is 21.9 Å². The lowest BCUT2D eigenvalue weighted by atomic mass is 9.83. The monoisotopic (exact) mass is 529 g/mol. The molecule has 0 radical (unpaired) electrons. The third-order valence-electron chi connectivity index (χ3n) is 6.25. The van der Waals surface area contributed by atoms with Gasteiger partial charge in [-0.25, -0.2) is 9.38 Å². The number of amides is 1. The lowest BCUT2D eigenvalue weighted by molar-refractivity contribution is -0.129. The number of nitrogens with zero attached hydrogens (tertiary/aromatic N) is 4. The van der Waals surface area contributed by atoms with Crippen LogP contribution in [0.5, 0.6) is 5.75 Å². The van der Waals surface area contributed by atoms with E-state index in [9.17, 15) is 9.18 Å². The standard InChI is InChI=1S/C29H28FN5O4/c1-2-16-29(28(37)32-19-21-8-3-5-10-24(21)30)26(23-9-4-6-11-25(23)34-35-31)39-27(33-29)20-12-14-22(15-13-20)38-18-7-17-36/h2-6,8-15,26,36H,1,7,16-19H2,(H,32,37)/t26-,29-/m1/s1. The Morgan fingerprint density at radius 1 is 1.21 bits per heavy atom. The average Bonchev–Trinajstić information content (AvgIpc) is 3.34. The third kappa shape index (κ3) is 6.09. The van der Waals surface area contributed by atoms with Crippen LogP contribution in [0.3, 0.4) is 0 Å². The Balaban J connectivity index is 1.73. The number of hydrogen-bond acceptors (Lipinski definition) is 6. The Labute approximate surface area is 225 Å². The second-order valence-corrected chi connectivity index (χ2v) is 8.80. The quantitative estimate of drug-likeness (QED) is 0.103. The maximum absolute atomic E-state index is 14.3. The first-order valence-electron chi connectivity index (χ1n) is 12.4. The van der Waals surface area contributed by atoms with Gasteiger partial charge in [-0.05, 0) is 35.9 Å². The summed E-state index contributed by atoms with van der Waals surface area (Å²) in [6.07, 6.45) is 1.21. The van der Waals surface area contributed by atoms with E-state index in [0.717, 1.165) is 0 Å². The molecule has 39 heavy (non-hydrogen) atoms. The normalized spacial score (nSPS) is 17.9. The topological polar surface area (TPSA) is 129 Å². The molecule has 1 aliphatic rings. The highest BCUT2D eigenvalue weighted by Gasteiger charge is 2.53. The van der Waals surface area contributed by atoms with Crippen molar-refractivity contribution < 1.29 is 23.8 Å². The number of hydrogen-bond donors (Lipinski definition) is 2. The molecule has 2 N–H and O–H groups in total. The van der Waals surface area contributed by atoms with Crippen LogP contribution in [-0.2, 0) is 16.1 Å². The molecule has 2 atom stereocenters. The maximum Gasteiger partial charge on any atom is 0.252 e. The number of azide groups is 1. The minimum absolute atomic E-state index is 0.0335. The van der Waals surface area contributed by atoms with E-state index in [1.807, 2.05) is 0 Å². The highest BCUT2D eigenvalue weighted by atomic mass is 19.1. The molecule has 9 nitrogen and oxygen atoms in total.